The molecule has 1 amide bonds. The number of amides is 1. The molecule has 0 aliphatic heterocycles. The summed E-state index contributed by atoms with van der Waals surface area (Å²) in [5.41, 5.74) is 0.168. The molecule has 0 aromatic rings. The Kier molecular flexibility index (Phi) is 5.47. The summed E-state index contributed by atoms with van der Waals surface area (Å²) in [6.45, 7) is 2.04. The number of aliphatic hydroxyl groups excluding tert-OH is 1. The summed E-state index contributed by atoms with van der Waals surface area (Å²) in [6, 6.07) is 0.0169. The highest BCUT2D eigenvalue weighted by Crippen LogP contribution is 2.49. The maximum absolute atomic E-state index is 11.8. The van der Waals surface area contributed by atoms with Crippen molar-refractivity contribution in [2.24, 2.45) is 5.41 Å². The minimum Gasteiger partial charge on any atom is -0.395 e. The lowest BCUT2D eigenvalue weighted by Gasteiger charge is -2.22. The van der Waals surface area contributed by atoms with Gasteiger partial charge in [-0.25, -0.2) is 0 Å². The van der Waals surface area contributed by atoms with Gasteiger partial charge in [-0.05, 0) is 37.2 Å². The van der Waals surface area contributed by atoms with Crippen LogP contribution >= 0.6 is 24.4 Å². The fourth-order valence-corrected chi connectivity index (χ4v) is 2.80. The van der Waals surface area contributed by atoms with Crippen molar-refractivity contribution in [1.29, 1.82) is 0 Å². The third-order valence-corrected chi connectivity index (χ3v) is 5.09. The molecule has 1 saturated carbocycles. The molecule has 0 bridgehead atoms. The second kappa shape index (κ2) is 6.17. The van der Waals surface area contributed by atoms with Crippen molar-refractivity contribution >= 4 is 30.3 Å². The average Bonchev–Trinajstić information content (AvgIpc) is 3.00. The summed E-state index contributed by atoms with van der Waals surface area (Å²) in [5, 5.41) is 12.2. The predicted octanol–water partition coefficient (Wildman–Crippen LogP) is 1.32. The van der Waals surface area contributed by atoms with Crippen LogP contribution in [0.2, 0.25) is 0 Å². The van der Waals surface area contributed by atoms with Crippen molar-refractivity contribution < 1.29 is 9.90 Å². The molecule has 1 aliphatic carbocycles. The summed E-state index contributed by atoms with van der Waals surface area (Å²) in [5.74, 6) is 0.882. The van der Waals surface area contributed by atoms with Crippen molar-refractivity contribution in [2.75, 3.05) is 18.6 Å². The monoisotopic (exact) mass is 263 g/mol. The lowest BCUT2D eigenvalue weighted by atomic mass is 10.0. The second-order valence-electron chi connectivity index (χ2n) is 4.65. The third kappa shape index (κ3) is 3.86. The van der Waals surface area contributed by atoms with Crippen molar-refractivity contribution in [1.82, 2.24) is 5.32 Å². The molecule has 2 atom stereocenters. The van der Waals surface area contributed by atoms with Gasteiger partial charge in [0.2, 0.25) is 5.91 Å². The highest BCUT2D eigenvalue weighted by Gasteiger charge is 2.43. The van der Waals surface area contributed by atoms with Crippen LogP contribution in [-0.2, 0) is 4.79 Å². The van der Waals surface area contributed by atoms with Crippen LogP contribution in [0, 0.1) is 5.41 Å². The fraction of sp³-hybridized carbons (Fsp3) is 0.909. The Morgan fingerprint density at radius 3 is 2.62 bits per heavy atom. The van der Waals surface area contributed by atoms with Gasteiger partial charge in [-0.15, -0.1) is 0 Å². The Morgan fingerprint density at radius 1 is 1.62 bits per heavy atom. The normalized spacial score (nSPS) is 21.2. The molecule has 1 fully saturated rings. The molecule has 0 radical (unpaired) electrons. The van der Waals surface area contributed by atoms with Crippen molar-refractivity contribution in [3.63, 3.8) is 0 Å². The Bertz CT molecular complexity index is 240. The molecule has 0 aromatic heterocycles. The van der Waals surface area contributed by atoms with Gasteiger partial charge >= 0.3 is 0 Å². The van der Waals surface area contributed by atoms with E-state index >= 15 is 0 Å². The molecular formula is C11H21NO2S2. The van der Waals surface area contributed by atoms with Gasteiger partial charge in [0.05, 0.1) is 6.61 Å². The van der Waals surface area contributed by atoms with Crippen LogP contribution in [0.15, 0.2) is 0 Å². The number of aliphatic hydroxyl groups is 1. The summed E-state index contributed by atoms with van der Waals surface area (Å²) >= 11 is 5.86. The number of rotatable bonds is 7. The number of carbonyl (C=O) groups excluding carboxylic acids is 1. The van der Waals surface area contributed by atoms with Crippen LogP contribution in [0.1, 0.15) is 26.2 Å². The SMILES string of the molecule is CSC(CO)C(C)NC(=O)CC1(CS)CC1. The van der Waals surface area contributed by atoms with Gasteiger partial charge in [0.1, 0.15) is 0 Å². The van der Waals surface area contributed by atoms with E-state index in [0.29, 0.717) is 6.42 Å². The van der Waals surface area contributed by atoms with Crippen LogP contribution in [0.5, 0.6) is 0 Å². The number of thiol groups is 1. The van der Waals surface area contributed by atoms with E-state index in [-0.39, 0.29) is 29.2 Å². The standard InChI is InChI=1S/C11H21NO2S2/c1-8(9(6-13)16-2)12-10(14)5-11(7-15)3-4-11/h8-9,13,15H,3-7H2,1-2H3,(H,12,14). The first-order chi connectivity index (χ1) is 7.56. The van der Waals surface area contributed by atoms with Crippen molar-refractivity contribution in [2.45, 2.75) is 37.5 Å². The maximum Gasteiger partial charge on any atom is 0.220 e. The molecule has 0 heterocycles. The molecule has 0 spiro atoms. The first-order valence-electron chi connectivity index (χ1n) is 5.61. The van der Waals surface area contributed by atoms with Crippen LogP contribution in [0.25, 0.3) is 0 Å². The average molecular weight is 263 g/mol. The summed E-state index contributed by atoms with van der Waals surface area (Å²) in [6.07, 6.45) is 4.75. The van der Waals surface area contributed by atoms with Crippen LogP contribution in [0.3, 0.4) is 0 Å². The molecule has 2 unspecified atom stereocenters. The number of thioether (sulfide) groups is 1. The van der Waals surface area contributed by atoms with E-state index in [0.717, 1.165) is 18.6 Å². The third-order valence-electron chi connectivity index (χ3n) is 3.26. The molecule has 1 rings (SSSR count). The van der Waals surface area contributed by atoms with Crippen LogP contribution in [0.4, 0.5) is 0 Å². The number of carbonyl (C=O) groups is 1. The number of hydrogen-bond donors (Lipinski definition) is 3. The first kappa shape index (κ1) is 14.2. The van der Waals surface area contributed by atoms with Gasteiger partial charge in [0, 0.05) is 17.7 Å². The minimum atomic E-state index is 0.0169. The Hall–Kier alpha value is 0.130. The topological polar surface area (TPSA) is 49.3 Å². The molecule has 16 heavy (non-hydrogen) atoms. The van der Waals surface area contributed by atoms with Crippen LogP contribution < -0.4 is 5.32 Å². The Morgan fingerprint density at radius 2 is 2.25 bits per heavy atom. The highest BCUT2D eigenvalue weighted by atomic mass is 32.2. The second-order valence-corrected chi connectivity index (χ2v) is 6.04. The largest absolute Gasteiger partial charge is 0.395 e. The lowest BCUT2D eigenvalue weighted by Crippen LogP contribution is -2.42. The smallest absolute Gasteiger partial charge is 0.220 e. The minimum absolute atomic E-state index is 0.0169. The van der Waals surface area contributed by atoms with Crippen LogP contribution in [-0.4, -0.2) is 40.9 Å². The molecule has 5 heteroatoms. The van der Waals surface area contributed by atoms with E-state index in [4.69, 9.17) is 5.11 Å². The van der Waals surface area contributed by atoms with Gasteiger partial charge < -0.3 is 10.4 Å². The van der Waals surface area contributed by atoms with Gasteiger partial charge in [0.15, 0.2) is 0 Å². The molecule has 2 N–H and O–H groups in total. The quantitative estimate of drug-likeness (QED) is 0.607. The maximum atomic E-state index is 11.8. The molecule has 0 aromatic carbocycles. The zero-order valence-corrected chi connectivity index (χ0v) is 11.6. The fourth-order valence-electron chi connectivity index (χ4n) is 1.74. The van der Waals surface area contributed by atoms with E-state index in [2.05, 4.69) is 17.9 Å². The molecule has 94 valence electrons. The summed E-state index contributed by atoms with van der Waals surface area (Å²) < 4.78 is 0. The Balaban J connectivity index is 2.33. The number of hydrogen-bond acceptors (Lipinski definition) is 4. The zero-order valence-electron chi connectivity index (χ0n) is 9.90. The molecule has 3 nitrogen and oxygen atoms in total. The molecule has 0 saturated heterocycles. The Labute approximate surface area is 107 Å². The van der Waals surface area contributed by atoms with E-state index < -0.39 is 0 Å². The van der Waals surface area contributed by atoms with E-state index in [1.165, 1.54) is 0 Å². The lowest BCUT2D eigenvalue weighted by molar-refractivity contribution is -0.122. The van der Waals surface area contributed by atoms with Crippen molar-refractivity contribution in [3.05, 3.63) is 0 Å². The summed E-state index contributed by atoms with van der Waals surface area (Å²) in [7, 11) is 0. The van der Waals surface area contributed by atoms with Gasteiger partial charge in [-0.2, -0.15) is 24.4 Å². The van der Waals surface area contributed by atoms with E-state index in [1.54, 1.807) is 11.8 Å². The predicted molar refractivity (Wildman–Crippen MR) is 72.1 cm³/mol. The molecule has 1 aliphatic rings. The highest BCUT2D eigenvalue weighted by molar-refractivity contribution is 7.99. The van der Waals surface area contributed by atoms with Gasteiger partial charge in [-0.1, -0.05) is 0 Å². The number of nitrogens with one attached hydrogen (secondary N) is 1. The van der Waals surface area contributed by atoms with Gasteiger partial charge in [0.25, 0.3) is 0 Å². The molecular weight excluding hydrogens is 242 g/mol. The van der Waals surface area contributed by atoms with E-state index in [9.17, 15) is 4.79 Å². The van der Waals surface area contributed by atoms with Gasteiger partial charge in [-0.3, -0.25) is 4.79 Å². The summed E-state index contributed by atoms with van der Waals surface area (Å²) in [4.78, 5) is 11.8. The van der Waals surface area contributed by atoms with Crippen molar-refractivity contribution in [3.8, 4) is 0 Å². The zero-order chi connectivity index (χ0) is 12.2. The first-order valence-corrected chi connectivity index (χ1v) is 7.53. The van der Waals surface area contributed by atoms with E-state index in [1.807, 2.05) is 13.2 Å².